The molecule has 1 aromatic carbocycles. The van der Waals surface area contributed by atoms with Crippen molar-refractivity contribution in [3.05, 3.63) is 34.6 Å². The van der Waals surface area contributed by atoms with E-state index in [1.54, 1.807) is 16.3 Å². The Morgan fingerprint density at radius 3 is 2.86 bits per heavy atom. The predicted molar refractivity (Wildman–Crippen MR) is 85.8 cm³/mol. The summed E-state index contributed by atoms with van der Waals surface area (Å²) in [5.41, 5.74) is 0.746. The largest absolute Gasteiger partial charge is 0.392 e. The van der Waals surface area contributed by atoms with Crippen molar-refractivity contribution < 1.29 is 5.11 Å². The van der Waals surface area contributed by atoms with Crippen molar-refractivity contribution in [1.82, 2.24) is 9.55 Å². The lowest BCUT2D eigenvalue weighted by molar-refractivity contribution is 0.136. The Hall–Kier alpha value is -1.33. The molecule has 0 aliphatic heterocycles. The molecule has 0 bridgehead atoms. The highest BCUT2D eigenvalue weighted by Gasteiger charge is 2.26. The molecule has 4 nitrogen and oxygen atoms in total. The maximum atomic E-state index is 12.6. The fourth-order valence-electron chi connectivity index (χ4n) is 2.87. The summed E-state index contributed by atoms with van der Waals surface area (Å²) in [5, 5.41) is 11.7. The van der Waals surface area contributed by atoms with Gasteiger partial charge in [-0.2, -0.15) is 0 Å². The number of aliphatic hydroxyl groups is 1. The van der Waals surface area contributed by atoms with Crippen molar-refractivity contribution in [1.29, 1.82) is 0 Å². The van der Waals surface area contributed by atoms with E-state index in [0.717, 1.165) is 36.4 Å². The topological polar surface area (TPSA) is 55.1 Å². The Labute approximate surface area is 128 Å². The second-order valence-electron chi connectivity index (χ2n) is 5.47. The highest BCUT2D eigenvalue weighted by molar-refractivity contribution is 7.99. The van der Waals surface area contributed by atoms with Gasteiger partial charge in [0.1, 0.15) is 0 Å². The van der Waals surface area contributed by atoms with Gasteiger partial charge in [0, 0.05) is 11.8 Å². The molecule has 3 rings (SSSR count). The lowest BCUT2D eigenvalue weighted by Crippen LogP contribution is -2.29. The smallest absolute Gasteiger partial charge is 0.262 e. The van der Waals surface area contributed by atoms with Crippen LogP contribution in [0.2, 0.25) is 0 Å². The van der Waals surface area contributed by atoms with Crippen LogP contribution in [0, 0.1) is 0 Å². The molecule has 0 amide bonds. The minimum atomic E-state index is -0.294. The van der Waals surface area contributed by atoms with Crippen LogP contribution >= 0.6 is 11.8 Å². The van der Waals surface area contributed by atoms with Crippen molar-refractivity contribution in [2.45, 2.75) is 55.7 Å². The highest BCUT2D eigenvalue weighted by atomic mass is 32.2. The number of aromatic nitrogens is 2. The second kappa shape index (κ2) is 6.20. The van der Waals surface area contributed by atoms with Crippen LogP contribution in [-0.4, -0.2) is 26.0 Å². The normalized spacial score (nSPS) is 22.6. The second-order valence-corrected chi connectivity index (χ2v) is 6.68. The molecule has 5 heteroatoms. The van der Waals surface area contributed by atoms with Crippen molar-refractivity contribution in [2.75, 3.05) is 0 Å². The first kappa shape index (κ1) is 14.6. The SMILES string of the molecule is CCn1c(SC2CCCCC2O)nc2ccccc2c1=O. The molecule has 1 fully saturated rings. The Morgan fingerprint density at radius 2 is 2.10 bits per heavy atom. The molecule has 1 aliphatic carbocycles. The van der Waals surface area contributed by atoms with E-state index < -0.39 is 0 Å². The Morgan fingerprint density at radius 1 is 1.33 bits per heavy atom. The van der Waals surface area contributed by atoms with Gasteiger partial charge in [-0.1, -0.05) is 36.7 Å². The first-order valence-electron chi connectivity index (χ1n) is 7.55. The van der Waals surface area contributed by atoms with Gasteiger partial charge in [0.2, 0.25) is 0 Å². The molecule has 112 valence electrons. The van der Waals surface area contributed by atoms with E-state index in [1.165, 1.54) is 0 Å². The van der Waals surface area contributed by atoms with Gasteiger partial charge < -0.3 is 5.11 Å². The van der Waals surface area contributed by atoms with Crippen molar-refractivity contribution in [3.63, 3.8) is 0 Å². The Balaban J connectivity index is 2.02. The number of hydrogen-bond acceptors (Lipinski definition) is 4. The number of para-hydroxylation sites is 1. The van der Waals surface area contributed by atoms with Gasteiger partial charge in [0.25, 0.3) is 5.56 Å². The molecule has 1 saturated carbocycles. The molecule has 1 aromatic heterocycles. The first-order chi connectivity index (χ1) is 10.2. The summed E-state index contributed by atoms with van der Waals surface area (Å²) in [5.74, 6) is 0. The molecule has 2 aromatic rings. The van der Waals surface area contributed by atoms with E-state index in [4.69, 9.17) is 0 Å². The van der Waals surface area contributed by atoms with E-state index >= 15 is 0 Å². The van der Waals surface area contributed by atoms with Crippen molar-refractivity contribution >= 4 is 22.7 Å². The molecule has 1 aliphatic rings. The van der Waals surface area contributed by atoms with Crippen molar-refractivity contribution in [3.8, 4) is 0 Å². The van der Waals surface area contributed by atoms with E-state index in [2.05, 4.69) is 4.98 Å². The third-order valence-corrected chi connectivity index (χ3v) is 5.44. The highest BCUT2D eigenvalue weighted by Crippen LogP contribution is 2.33. The van der Waals surface area contributed by atoms with Crippen LogP contribution in [0.5, 0.6) is 0 Å². The number of fused-ring (bicyclic) bond motifs is 1. The molecular weight excluding hydrogens is 284 g/mol. The van der Waals surface area contributed by atoms with Gasteiger partial charge in [0.15, 0.2) is 5.16 Å². The molecule has 1 N–H and O–H groups in total. The molecule has 21 heavy (non-hydrogen) atoms. The van der Waals surface area contributed by atoms with Crippen molar-refractivity contribution in [2.24, 2.45) is 0 Å². The Bertz CT molecular complexity index is 698. The number of thioether (sulfide) groups is 1. The molecule has 0 radical (unpaired) electrons. The number of hydrogen-bond donors (Lipinski definition) is 1. The van der Waals surface area contributed by atoms with Crippen LogP contribution in [-0.2, 0) is 6.54 Å². The van der Waals surface area contributed by atoms with Crippen LogP contribution in [0.4, 0.5) is 0 Å². The molecule has 2 atom stereocenters. The fourth-order valence-corrected chi connectivity index (χ4v) is 4.21. The van der Waals surface area contributed by atoms with Gasteiger partial charge in [-0.15, -0.1) is 0 Å². The average molecular weight is 304 g/mol. The summed E-state index contributed by atoms with van der Waals surface area (Å²) < 4.78 is 1.72. The van der Waals surface area contributed by atoms with Gasteiger partial charge in [-0.25, -0.2) is 4.98 Å². The zero-order chi connectivity index (χ0) is 14.8. The standard InChI is InChI=1S/C16H20N2O2S/c1-2-18-15(20)11-7-3-4-8-12(11)17-16(18)21-14-10-6-5-9-13(14)19/h3-4,7-8,13-14,19H,2,5-6,9-10H2,1H3. The minimum absolute atomic E-state index is 0.0101. The average Bonchev–Trinajstić information content (AvgIpc) is 2.50. The predicted octanol–water partition coefficient (Wildman–Crippen LogP) is 2.81. The summed E-state index contributed by atoms with van der Waals surface area (Å²) in [6.07, 6.45) is 3.76. The van der Waals surface area contributed by atoms with Crippen LogP contribution in [0.15, 0.2) is 34.2 Å². The number of benzene rings is 1. The lowest BCUT2D eigenvalue weighted by atomic mass is 9.97. The maximum absolute atomic E-state index is 12.6. The number of aliphatic hydroxyl groups excluding tert-OH is 1. The third kappa shape index (κ3) is 2.85. The molecule has 0 spiro atoms. The molecular formula is C16H20N2O2S. The van der Waals surface area contributed by atoms with Crippen LogP contribution < -0.4 is 5.56 Å². The first-order valence-corrected chi connectivity index (χ1v) is 8.43. The summed E-state index contributed by atoms with van der Waals surface area (Å²) in [4.78, 5) is 17.2. The third-order valence-electron chi connectivity index (χ3n) is 4.07. The Kier molecular flexibility index (Phi) is 4.31. The fraction of sp³-hybridized carbons (Fsp3) is 0.500. The number of nitrogens with zero attached hydrogens (tertiary/aromatic N) is 2. The number of rotatable bonds is 3. The monoisotopic (exact) mass is 304 g/mol. The zero-order valence-corrected chi connectivity index (χ0v) is 13.0. The minimum Gasteiger partial charge on any atom is -0.392 e. The maximum Gasteiger partial charge on any atom is 0.262 e. The summed E-state index contributed by atoms with van der Waals surface area (Å²) >= 11 is 1.55. The van der Waals surface area contributed by atoms with Gasteiger partial charge >= 0.3 is 0 Å². The quantitative estimate of drug-likeness (QED) is 0.886. The summed E-state index contributed by atoms with van der Waals surface area (Å²) in [6.45, 7) is 2.56. The van der Waals surface area contributed by atoms with Gasteiger partial charge in [-0.05, 0) is 31.9 Å². The van der Waals surface area contributed by atoms with E-state index in [-0.39, 0.29) is 16.9 Å². The van der Waals surface area contributed by atoms with Gasteiger partial charge in [0.05, 0.1) is 17.0 Å². The molecule has 2 unspecified atom stereocenters. The molecule has 0 saturated heterocycles. The molecule has 1 heterocycles. The van der Waals surface area contributed by atoms with Crippen LogP contribution in [0.3, 0.4) is 0 Å². The van der Waals surface area contributed by atoms with E-state index in [9.17, 15) is 9.90 Å². The van der Waals surface area contributed by atoms with E-state index in [0.29, 0.717) is 11.9 Å². The van der Waals surface area contributed by atoms with E-state index in [1.807, 2.05) is 31.2 Å². The lowest BCUT2D eigenvalue weighted by Gasteiger charge is -2.27. The zero-order valence-electron chi connectivity index (χ0n) is 12.2. The summed E-state index contributed by atoms with van der Waals surface area (Å²) in [7, 11) is 0. The van der Waals surface area contributed by atoms with Crippen LogP contribution in [0.25, 0.3) is 10.9 Å². The summed E-state index contributed by atoms with van der Waals surface area (Å²) in [6, 6.07) is 7.46. The van der Waals surface area contributed by atoms with Crippen LogP contribution in [0.1, 0.15) is 32.6 Å². The van der Waals surface area contributed by atoms with Gasteiger partial charge in [-0.3, -0.25) is 9.36 Å².